The zero-order valence-corrected chi connectivity index (χ0v) is 11.7. The number of hydrogen-bond acceptors (Lipinski definition) is 2. The first-order chi connectivity index (χ1) is 8.71. The van der Waals surface area contributed by atoms with Crippen LogP contribution in [-0.2, 0) is 4.79 Å². The molecule has 3 nitrogen and oxygen atoms in total. The van der Waals surface area contributed by atoms with Crippen molar-refractivity contribution < 1.29 is 18.0 Å². The zero-order chi connectivity index (χ0) is 14.6. The van der Waals surface area contributed by atoms with Crippen LogP contribution >= 0.6 is 0 Å². The Bertz CT molecular complexity index is 301. The van der Waals surface area contributed by atoms with E-state index in [-0.39, 0.29) is 36.8 Å². The summed E-state index contributed by atoms with van der Waals surface area (Å²) < 4.78 is 38.2. The van der Waals surface area contributed by atoms with Crippen molar-refractivity contribution in [2.45, 2.75) is 58.3 Å². The Hall–Kier alpha value is -0.780. The molecule has 2 atom stereocenters. The first-order valence-electron chi connectivity index (χ1n) is 6.82. The molecule has 0 aliphatic heterocycles. The average Bonchev–Trinajstić information content (AvgIpc) is 3.08. The summed E-state index contributed by atoms with van der Waals surface area (Å²) in [5.41, 5.74) is 0. The monoisotopic (exact) mass is 280 g/mol. The van der Waals surface area contributed by atoms with Gasteiger partial charge in [-0.1, -0.05) is 20.8 Å². The fourth-order valence-electron chi connectivity index (χ4n) is 1.68. The first-order valence-corrected chi connectivity index (χ1v) is 6.82. The standard InChI is InChI=1S/C13H23F3N2O/c1-8(2)9(3)12(19)17-7-6-11(13(14,15)16)18-10-4-5-10/h8-11,18H,4-7H2,1-3H3,(H,17,19). The molecule has 1 saturated carbocycles. The number of rotatable bonds is 7. The third kappa shape index (κ3) is 5.80. The van der Waals surface area contributed by atoms with E-state index in [1.54, 1.807) is 6.92 Å². The fourth-order valence-corrected chi connectivity index (χ4v) is 1.68. The Kier molecular flexibility index (Phi) is 5.64. The highest BCUT2D eigenvalue weighted by Crippen LogP contribution is 2.27. The predicted molar refractivity (Wildman–Crippen MR) is 67.6 cm³/mol. The van der Waals surface area contributed by atoms with Crippen LogP contribution in [0, 0.1) is 11.8 Å². The second-order valence-corrected chi connectivity index (χ2v) is 5.65. The van der Waals surface area contributed by atoms with Crippen molar-refractivity contribution in [3.8, 4) is 0 Å². The number of carbonyl (C=O) groups is 1. The minimum atomic E-state index is -4.25. The van der Waals surface area contributed by atoms with E-state index in [1.807, 2.05) is 13.8 Å². The lowest BCUT2D eigenvalue weighted by atomic mass is 9.97. The van der Waals surface area contributed by atoms with Gasteiger partial charge in [0, 0.05) is 18.5 Å². The summed E-state index contributed by atoms with van der Waals surface area (Å²) >= 11 is 0. The fraction of sp³-hybridized carbons (Fsp3) is 0.923. The van der Waals surface area contributed by atoms with Crippen LogP contribution in [0.1, 0.15) is 40.0 Å². The molecule has 19 heavy (non-hydrogen) atoms. The van der Waals surface area contributed by atoms with Crippen LogP contribution in [0.3, 0.4) is 0 Å². The van der Waals surface area contributed by atoms with Crippen LogP contribution in [0.15, 0.2) is 0 Å². The summed E-state index contributed by atoms with van der Waals surface area (Å²) in [6, 6.07) is -1.52. The highest BCUT2D eigenvalue weighted by molar-refractivity contribution is 5.78. The maximum atomic E-state index is 12.7. The van der Waals surface area contributed by atoms with E-state index >= 15 is 0 Å². The van der Waals surface area contributed by atoms with Gasteiger partial charge in [-0.2, -0.15) is 13.2 Å². The number of hydrogen-bond donors (Lipinski definition) is 2. The zero-order valence-electron chi connectivity index (χ0n) is 11.7. The van der Waals surface area contributed by atoms with Gasteiger partial charge in [0.1, 0.15) is 6.04 Å². The molecule has 2 N–H and O–H groups in total. The Morgan fingerprint density at radius 2 is 1.84 bits per heavy atom. The van der Waals surface area contributed by atoms with Gasteiger partial charge in [-0.3, -0.25) is 4.79 Å². The SMILES string of the molecule is CC(C)C(C)C(=O)NCCC(NC1CC1)C(F)(F)F. The van der Waals surface area contributed by atoms with Gasteiger partial charge in [-0.05, 0) is 25.2 Å². The Balaban J connectivity index is 2.33. The van der Waals surface area contributed by atoms with Gasteiger partial charge in [-0.15, -0.1) is 0 Å². The van der Waals surface area contributed by atoms with Crippen molar-refractivity contribution in [2.24, 2.45) is 11.8 Å². The number of alkyl halides is 3. The minimum absolute atomic E-state index is 0.00286. The van der Waals surface area contributed by atoms with Crippen LogP contribution in [0.2, 0.25) is 0 Å². The molecule has 0 radical (unpaired) electrons. The Labute approximate surface area is 112 Å². The average molecular weight is 280 g/mol. The summed E-state index contributed by atoms with van der Waals surface area (Å²) in [5.74, 6) is -0.175. The molecular formula is C13H23F3N2O. The van der Waals surface area contributed by atoms with Gasteiger partial charge in [0.05, 0.1) is 0 Å². The largest absolute Gasteiger partial charge is 0.403 e. The molecule has 1 aliphatic rings. The first kappa shape index (κ1) is 16.3. The van der Waals surface area contributed by atoms with Crippen molar-refractivity contribution in [1.82, 2.24) is 10.6 Å². The van der Waals surface area contributed by atoms with E-state index in [2.05, 4.69) is 10.6 Å². The third-order valence-electron chi connectivity index (χ3n) is 3.56. The number of nitrogens with one attached hydrogen (secondary N) is 2. The topological polar surface area (TPSA) is 41.1 Å². The molecule has 0 aromatic rings. The summed E-state index contributed by atoms with van der Waals surface area (Å²) in [6.07, 6.45) is -2.75. The van der Waals surface area contributed by atoms with Crippen molar-refractivity contribution in [2.75, 3.05) is 6.54 Å². The van der Waals surface area contributed by atoms with Gasteiger partial charge >= 0.3 is 6.18 Å². The van der Waals surface area contributed by atoms with Gasteiger partial charge in [0.2, 0.25) is 5.91 Å². The molecule has 0 spiro atoms. The van der Waals surface area contributed by atoms with Crippen molar-refractivity contribution >= 4 is 5.91 Å². The molecule has 6 heteroatoms. The highest BCUT2D eigenvalue weighted by atomic mass is 19.4. The lowest BCUT2D eigenvalue weighted by molar-refractivity contribution is -0.157. The Morgan fingerprint density at radius 3 is 2.26 bits per heavy atom. The second-order valence-electron chi connectivity index (χ2n) is 5.65. The molecule has 0 aromatic carbocycles. The van der Waals surface area contributed by atoms with E-state index in [4.69, 9.17) is 0 Å². The highest BCUT2D eigenvalue weighted by Gasteiger charge is 2.41. The van der Waals surface area contributed by atoms with Crippen molar-refractivity contribution in [3.63, 3.8) is 0 Å². The number of halogens is 3. The summed E-state index contributed by atoms with van der Waals surface area (Å²) in [6.45, 7) is 5.66. The van der Waals surface area contributed by atoms with Crippen molar-refractivity contribution in [3.05, 3.63) is 0 Å². The summed E-state index contributed by atoms with van der Waals surface area (Å²) in [5, 5.41) is 5.16. The maximum absolute atomic E-state index is 12.7. The van der Waals surface area contributed by atoms with E-state index < -0.39 is 12.2 Å². The molecule has 0 aromatic heterocycles. The van der Waals surface area contributed by atoms with Gasteiger partial charge in [-0.25, -0.2) is 0 Å². The molecule has 1 amide bonds. The quantitative estimate of drug-likeness (QED) is 0.752. The van der Waals surface area contributed by atoms with Gasteiger partial charge in [0.25, 0.3) is 0 Å². The normalized spacial score (nSPS) is 19.3. The lowest BCUT2D eigenvalue weighted by Gasteiger charge is -2.22. The lowest BCUT2D eigenvalue weighted by Crippen LogP contribution is -2.46. The molecule has 0 heterocycles. The van der Waals surface area contributed by atoms with Crippen LogP contribution in [0.5, 0.6) is 0 Å². The summed E-state index contributed by atoms with van der Waals surface area (Å²) in [7, 11) is 0. The molecule has 1 rings (SSSR count). The van der Waals surface area contributed by atoms with E-state index in [9.17, 15) is 18.0 Å². The smallest absolute Gasteiger partial charge is 0.356 e. The molecule has 1 aliphatic carbocycles. The molecule has 2 unspecified atom stereocenters. The van der Waals surface area contributed by atoms with Crippen LogP contribution < -0.4 is 10.6 Å². The predicted octanol–water partition coefficient (Wildman–Crippen LogP) is 2.47. The minimum Gasteiger partial charge on any atom is -0.356 e. The number of amides is 1. The van der Waals surface area contributed by atoms with Crippen LogP contribution in [0.4, 0.5) is 13.2 Å². The second kappa shape index (κ2) is 6.59. The van der Waals surface area contributed by atoms with E-state index in [0.29, 0.717) is 0 Å². The van der Waals surface area contributed by atoms with E-state index in [1.165, 1.54) is 0 Å². The maximum Gasteiger partial charge on any atom is 0.403 e. The Morgan fingerprint density at radius 1 is 1.26 bits per heavy atom. The van der Waals surface area contributed by atoms with Gasteiger partial charge < -0.3 is 10.6 Å². The molecular weight excluding hydrogens is 257 g/mol. The number of carbonyl (C=O) groups excluding carboxylic acids is 1. The van der Waals surface area contributed by atoms with Gasteiger partial charge in [0.15, 0.2) is 0 Å². The molecule has 0 bridgehead atoms. The molecule has 1 fully saturated rings. The molecule has 112 valence electrons. The summed E-state index contributed by atoms with van der Waals surface area (Å²) in [4.78, 5) is 11.6. The van der Waals surface area contributed by atoms with Crippen molar-refractivity contribution in [1.29, 1.82) is 0 Å². The van der Waals surface area contributed by atoms with E-state index in [0.717, 1.165) is 12.8 Å². The molecule has 0 saturated heterocycles. The van der Waals surface area contributed by atoms with Crippen LogP contribution in [0.25, 0.3) is 0 Å². The van der Waals surface area contributed by atoms with Crippen LogP contribution in [-0.4, -0.2) is 30.7 Å². The third-order valence-corrected chi connectivity index (χ3v) is 3.56.